The average molecular weight is 380 g/mol. The van der Waals surface area contributed by atoms with Crippen molar-refractivity contribution in [3.8, 4) is 11.5 Å². The predicted octanol–water partition coefficient (Wildman–Crippen LogP) is 3.61. The highest BCUT2D eigenvalue weighted by Crippen LogP contribution is 2.36. The standard InChI is InChI=1S/C22H24N2O4/c1-13(2)24-21(25)19(15-8-11-17(27-4)18(12-15)28-5)20(22(24)26)23-16-9-6-14(3)7-10-16/h6-13,23H,1-5H3. The van der Waals surface area contributed by atoms with Gasteiger partial charge in [0.2, 0.25) is 0 Å². The van der Waals surface area contributed by atoms with Crippen molar-refractivity contribution in [1.29, 1.82) is 0 Å². The first-order valence-electron chi connectivity index (χ1n) is 9.05. The Morgan fingerprint density at radius 1 is 0.893 bits per heavy atom. The van der Waals surface area contributed by atoms with Gasteiger partial charge in [-0.3, -0.25) is 14.5 Å². The summed E-state index contributed by atoms with van der Waals surface area (Å²) in [5.74, 6) is 0.370. The van der Waals surface area contributed by atoms with Crippen molar-refractivity contribution in [1.82, 2.24) is 4.90 Å². The quantitative estimate of drug-likeness (QED) is 0.776. The SMILES string of the molecule is COc1ccc(C2=C(Nc3ccc(C)cc3)C(=O)N(C(C)C)C2=O)cc1OC. The van der Waals surface area contributed by atoms with Gasteiger partial charge in [0.15, 0.2) is 11.5 Å². The van der Waals surface area contributed by atoms with Gasteiger partial charge in [-0.15, -0.1) is 0 Å². The van der Waals surface area contributed by atoms with E-state index in [0.29, 0.717) is 22.6 Å². The first-order chi connectivity index (χ1) is 13.4. The van der Waals surface area contributed by atoms with Gasteiger partial charge in [-0.1, -0.05) is 23.8 Å². The minimum atomic E-state index is -0.342. The number of aryl methyl sites for hydroxylation is 1. The fourth-order valence-electron chi connectivity index (χ4n) is 3.17. The monoisotopic (exact) mass is 380 g/mol. The minimum Gasteiger partial charge on any atom is -0.493 e. The molecule has 0 unspecified atom stereocenters. The summed E-state index contributed by atoms with van der Waals surface area (Å²) < 4.78 is 10.6. The summed E-state index contributed by atoms with van der Waals surface area (Å²) in [6.45, 7) is 5.62. The lowest BCUT2D eigenvalue weighted by atomic mass is 10.0. The number of anilines is 1. The Balaban J connectivity index is 2.12. The minimum absolute atomic E-state index is 0.257. The molecule has 0 radical (unpaired) electrons. The number of amides is 2. The van der Waals surface area contributed by atoms with Crippen LogP contribution in [0.5, 0.6) is 11.5 Å². The molecule has 0 aromatic heterocycles. The van der Waals surface area contributed by atoms with Crippen LogP contribution in [0.25, 0.3) is 5.57 Å². The topological polar surface area (TPSA) is 67.9 Å². The van der Waals surface area contributed by atoms with Crippen molar-refractivity contribution in [2.75, 3.05) is 19.5 Å². The molecule has 6 heteroatoms. The zero-order valence-corrected chi connectivity index (χ0v) is 16.7. The van der Waals surface area contributed by atoms with Crippen LogP contribution in [-0.2, 0) is 9.59 Å². The first-order valence-corrected chi connectivity index (χ1v) is 9.05. The molecule has 2 amide bonds. The second-order valence-electron chi connectivity index (χ2n) is 6.88. The van der Waals surface area contributed by atoms with Gasteiger partial charge in [0, 0.05) is 11.7 Å². The van der Waals surface area contributed by atoms with Gasteiger partial charge in [-0.2, -0.15) is 0 Å². The van der Waals surface area contributed by atoms with E-state index in [4.69, 9.17) is 9.47 Å². The van der Waals surface area contributed by atoms with E-state index in [1.54, 1.807) is 25.3 Å². The molecule has 6 nitrogen and oxygen atoms in total. The molecule has 0 spiro atoms. The molecule has 0 atom stereocenters. The Morgan fingerprint density at radius 2 is 1.54 bits per heavy atom. The van der Waals surface area contributed by atoms with E-state index in [0.717, 1.165) is 11.3 Å². The Kier molecular flexibility index (Phi) is 5.40. The molecular formula is C22H24N2O4. The van der Waals surface area contributed by atoms with Crippen molar-refractivity contribution < 1.29 is 19.1 Å². The van der Waals surface area contributed by atoms with Crippen LogP contribution in [0.1, 0.15) is 25.0 Å². The molecular weight excluding hydrogens is 356 g/mol. The lowest BCUT2D eigenvalue weighted by molar-refractivity contribution is -0.138. The molecule has 1 N–H and O–H groups in total. The molecule has 1 heterocycles. The number of nitrogens with zero attached hydrogens (tertiary/aromatic N) is 1. The average Bonchev–Trinajstić information content (AvgIpc) is 2.92. The molecule has 1 aliphatic rings. The molecule has 0 fully saturated rings. The zero-order valence-electron chi connectivity index (χ0n) is 16.7. The number of methoxy groups -OCH3 is 2. The summed E-state index contributed by atoms with van der Waals surface area (Å²) in [6, 6.07) is 12.6. The van der Waals surface area contributed by atoms with Crippen LogP contribution in [0.4, 0.5) is 5.69 Å². The second kappa shape index (κ2) is 7.76. The van der Waals surface area contributed by atoms with Crippen molar-refractivity contribution in [3.05, 3.63) is 59.3 Å². The molecule has 2 aromatic rings. The molecule has 0 aliphatic carbocycles. The van der Waals surface area contributed by atoms with Gasteiger partial charge >= 0.3 is 0 Å². The fraction of sp³-hybridized carbons (Fsp3) is 0.273. The molecule has 2 aromatic carbocycles. The maximum absolute atomic E-state index is 13.1. The molecule has 0 bridgehead atoms. The van der Waals surface area contributed by atoms with Crippen molar-refractivity contribution in [3.63, 3.8) is 0 Å². The molecule has 146 valence electrons. The van der Waals surface area contributed by atoms with Crippen LogP contribution in [0.3, 0.4) is 0 Å². The summed E-state index contributed by atoms with van der Waals surface area (Å²) in [4.78, 5) is 27.4. The molecule has 28 heavy (non-hydrogen) atoms. The lowest BCUT2D eigenvalue weighted by Crippen LogP contribution is -2.38. The second-order valence-corrected chi connectivity index (χ2v) is 6.88. The van der Waals surface area contributed by atoms with Crippen molar-refractivity contribution in [2.24, 2.45) is 0 Å². The Bertz CT molecular complexity index is 946. The van der Waals surface area contributed by atoms with Crippen LogP contribution in [0.15, 0.2) is 48.2 Å². The maximum atomic E-state index is 13.1. The number of rotatable bonds is 6. The highest BCUT2D eigenvalue weighted by Gasteiger charge is 2.40. The van der Waals surface area contributed by atoms with Gasteiger partial charge in [0.25, 0.3) is 11.8 Å². The summed E-state index contributed by atoms with van der Waals surface area (Å²) >= 11 is 0. The molecule has 1 aliphatic heterocycles. The maximum Gasteiger partial charge on any atom is 0.278 e. The number of imide groups is 1. The van der Waals surface area contributed by atoms with E-state index in [1.807, 2.05) is 45.0 Å². The third kappa shape index (κ3) is 3.45. The van der Waals surface area contributed by atoms with E-state index < -0.39 is 0 Å². The Labute approximate surface area is 164 Å². The summed E-state index contributed by atoms with van der Waals surface area (Å²) in [6.07, 6.45) is 0. The Hall–Kier alpha value is -3.28. The first kappa shape index (κ1) is 19.5. The van der Waals surface area contributed by atoms with Crippen LogP contribution in [-0.4, -0.2) is 37.0 Å². The smallest absolute Gasteiger partial charge is 0.278 e. The van der Waals surface area contributed by atoms with E-state index in [9.17, 15) is 9.59 Å². The highest BCUT2D eigenvalue weighted by molar-refractivity contribution is 6.36. The molecule has 0 saturated heterocycles. The van der Waals surface area contributed by atoms with Gasteiger partial charge in [0.1, 0.15) is 5.70 Å². The zero-order chi connectivity index (χ0) is 20.4. The molecule has 0 saturated carbocycles. The number of ether oxygens (including phenoxy) is 2. The summed E-state index contributed by atoms with van der Waals surface area (Å²) in [5, 5.41) is 3.14. The third-order valence-corrected chi connectivity index (χ3v) is 4.62. The number of carbonyl (C=O) groups is 2. The lowest BCUT2D eigenvalue weighted by Gasteiger charge is -2.19. The van der Waals surface area contributed by atoms with Crippen LogP contribution < -0.4 is 14.8 Å². The van der Waals surface area contributed by atoms with E-state index in [1.165, 1.54) is 12.0 Å². The highest BCUT2D eigenvalue weighted by atomic mass is 16.5. The normalized spacial score (nSPS) is 14.1. The van der Waals surface area contributed by atoms with Crippen molar-refractivity contribution >= 4 is 23.1 Å². The van der Waals surface area contributed by atoms with Gasteiger partial charge in [0.05, 0.1) is 19.8 Å². The largest absolute Gasteiger partial charge is 0.493 e. The third-order valence-electron chi connectivity index (χ3n) is 4.62. The van der Waals surface area contributed by atoms with Crippen LogP contribution in [0, 0.1) is 6.92 Å². The van der Waals surface area contributed by atoms with Gasteiger partial charge < -0.3 is 14.8 Å². The van der Waals surface area contributed by atoms with Crippen molar-refractivity contribution in [2.45, 2.75) is 26.8 Å². The summed E-state index contributed by atoms with van der Waals surface area (Å²) in [7, 11) is 3.08. The van der Waals surface area contributed by atoms with Crippen LogP contribution in [0.2, 0.25) is 0 Å². The van der Waals surface area contributed by atoms with E-state index >= 15 is 0 Å². The fourth-order valence-corrected chi connectivity index (χ4v) is 3.17. The van der Waals surface area contributed by atoms with Crippen LogP contribution >= 0.6 is 0 Å². The number of benzene rings is 2. The summed E-state index contributed by atoms with van der Waals surface area (Å²) in [5.41, 5.74) is 3.02. The number of nitrogens with one attached hydrogen (secondary N) is 1. The van der Waals surface area contributed by atoms with Gasteiger partial charge in [-0.05, 0) is 50.6 Å². The Morgan fingerprint density at radius 3 is 2.11 bits per heavy atom. The van der Waals surface area contributed by atoms with E-state index in [-0.39, 0.29) is 23.6 Å². The predicted molar refractivity (Wildman–Crippen MR) is 108 cm³/mol. The molecule has 3 rings (SSSR count). The number of hydrogen-bond acceptors (Lipinski definition) is 5. The van der Waals surface area contributed by atoms with Gasteiger partial charge in [-0.25, -0.2) is 0 Å². The number of hydrogen-bond donors (Lipinski definition) is 1. The number of carbonyl (C=O) groups excluding carboxylic acids is 2. The van der Waals surface area contributed by atoms with E-state index in [2.05, 4.69) is 5.32 Å².